The van der Waals surface area contributed by atoms with Gasteiger partial charge in [-0.05, 0) is 84.4 Å². The first-order valence-corrected chi connectivity index (χ1v) is 16.7. The minimum atomic E-state index is -2.10. The molecule has 2 aliphatic rings. The van der Waals surface area contributed by atoms with Crippen molar-refractivity contribution in [1.82, 2.24) is 19.9 Å². The van der Waals surface area contributed by atoms with Crippen LogP contribution in [0, 0.1) is 11.5 Å². The molecule has 2 N–H and O–H groups in total. The van der Waals surface area contributed by atoms with E-state index in [2.05, 4.69) is 95.8 Å². The zero-order valence-electron chi connectivity index (χ0n) is 23.5. The lowest BCUT2D eigenvalue weighted by atomic mass is 10.0. The second-order valence-electron chi connectivity index (χ2n) is 10.6. The van der Waals surface area contributed by atoms with E-state index in [4.69, 9.17) is 9.97 Å². The smallest absolute Gasteiger partial charge is 0.149 e. The van der Waals surface area contributed by atoms with E-state index in [1.807, 2.05) is 54.7 Å². The number of H-pyrrole nitrogens is 2. The summed E-state index contributed by atoms with van der Waals surface area (Å²) in [5.41, 5.74) is 14.3. The standard InChI is InChI=1S/C37H32N4Si/c1-4-19-42(20-5-2,21-6-3)22-18-34-35-25-32-16-14-30(39-32)23-28-12-13-29(38-28)24-31-15-17-33(40-31)26-36(41-35)37(34)27-10-8-7-9-11-27/h4-17,23-26,38,41H,1-3,19-21H2. The van der Waals surface area contributed by atoms with E-state index in [9.17, 15) is 0 Å². The molecule has 5 heteroatoms. The largest absolute Gasteiger partial charge is 0.355 e. The Bertz CT molecular complexity index is 1950. The molecule has 42 heavy (non-hydrogen) atoms. The van der Waals surface area contributed by atoms with Gasteiger partial charge >= 0.3 is 0 Å². The first-order valence-electron chi connectivity index (χ1n) is 14.1. The Labute approximate surface area is 247 Å². The molecule has 0 aliphatic carbocycles. The van der Waals surface area contributed by atoms with Crippen molar-refractivity contribution in [3.63, 3.8) is 0 Å². The molecule has 3 aromatic heterocycles. The zero-order chi connectivity index (χ0) is 28.9. The quantitative estimate of drug-likeness (QED) is 0.116. The van der Waals surface area contributed by atoms with Crippen molar-refractivity contribution in [2.24, 2.45) is 0 Å². The average Bonchev–Trinajstić information content (AvgIpc) is 3.78. The third-order valence-corrected chi connectivity index (χ3v) is 11.3. The van der Waals surface area contributed by atoms with Crippen LogP contribution in [0.5, 0.6) is 0 Å². The molecule has 0 fully saturated rings. The lowest BCUT2D eigenvalue weighted by molar-refractivity contribution is 1.31. The SMILES string of the molecule is C=CC[Si](C#Cc1c(-c2ccccc2)c2cc3nc(cc4ccc(cc5nc(cc1[nH]2)C=C5)[nH]4)C=C3)(CC=C)CC=C. The number of fused-ring (bicyclic) bond motifs is 8. The molecule has 0 spiro atoms. The van der Waals surface area contributed by atoms with Gasteiger partial charge in [0.2, 0.25) is 0 Å². The summed E-state index contributed by atoms with van der Waals surface area (Å²) >= 11 is 0. The maximum atomic E-state index is 4.90. The molecular weight excluding hydrogens is 529 g/mol. The molecule has 0 radical (unpaired) electrons. The summed E-state index contributed by atoms with van der Waals surface area (Å²) in [6.45, 7) is 12.1. The van der Waals surface area contributed by atoms with Crippen LogP contribution in [-0.4, -0.2) is 28.0 Å². The molecule has 0 atom stereocenters. The van der Waals surface area contributed by atoms with Crippen LogP contribution < -0.4 is 0 Å². The van der Waals surface area contributed by atoms with Crippen molar-refractivity contribution in [3.8, 4) is 22.6 Å². The highest BCUT2D eigenvalue weighted by molar-refractivity contribution is 6.88. The predicted molar refractivity (Wildman–Crippen MR) is 182 cm³/mol. The molecule has 0 amide bonds. The van der Waals surface area contributed by atoms with Crippen molar-refractivity contribution >= 4 is 54.4 Å². The van der Waals surface area contributed by atoms with Crippen molar-refractivity contribution in [1.29, 1.82) is 0 Å². The second-order valence-corrected chi connectivity index (χ2v) is 14.6. The highest BCUT2D eigenvalue weighted by Crippen LogP contribution is 2.33. The van der Waals surface area contributed by atoms with E-state index in [1.54, 1.807) is 0 Å². The van der Waals surface area contributed by atoms with Gasteiger partial charge in [-0.15, -0.1) is 25.3 Å². The summed E-state index contributed by atoms with van der Waals surface area (Å²) in [5.74, 6) is 3.68. The Morgan fingerprint density at radius 3 is 1.71 bits per heavy atom. The number of nitrogens with zero attached hydrogens (tertiary/aromatic N) is 2. The van der Waals surface area contributed by atoms with Crippen LogP contribution >= 0.6 is 0 Å². The van der Waals surface area contributed by atoms with Crippen LogP contribution in [-0.2, 0) is 0 Å². The van der Waals surface area contributed by atoms with Gasteiger partial charge in [0, 0.05) is 22.1 Å². The summed E-state index contributed by atoms with van der Waals surface area (Å²) in [6, 6.07) is 25.5. The summed E-state index contributed by atoms with van der Waals surface area (Å²) < 4.78 is 0. The van der Waals surface area contributed by atoms with Gasteiger partial charge in [-0.1, -0.05) is 54.5 Å². The van der Waals surface area contributed by atoms with Crippen molar-refractivity contribution in [2.45, 2.75) is 18.1 Å². The lowest BCUT2D eigenvalue weighted by Crippen LogP contribution is -2.30. The van der Waals surface area contributed by atoms with Crippen LogP contribution in [0.3, 0.4) is 0 Å². The highest BCUT2D eigenvalue weighted by Gasteiger charge is 2.27. The molecule has 2 aliphatic heterocycles. The topological polar surface area (TPSA) is 57.4 Å². The Kier molecular flexibility index (Phi) is 7.55. The van der Waals surface area contributed by atoms with Gasteiger partial charge in [0.15, 0.2) is 0 Å². The van der Waals surface area contributed by atoms with Gasteiger partial charge in [0.25, 0.3) is 0 Å². The Morgan fingerprint density at radius 2 is 1.17 bits per heavy atom. The number of rotatable bonds is 7. The predicted octanol–water partition coefficient (Wildman–Crippen LogP) is 9.22. The molecule has 5 heterocycles. The summed E-state index contributed by atoms with van der Waals surface area (Å²) in [7, 11) is -2.10. The van der Waals surface area contributed by atoms with E-state index in [0.29, 0.717) is 0 Å². The van der Waals surface area contributed by atoms with Crippen LogP contribution in [0.1, 0.15) is 28.3 Å². The van der Waals surface area contributed by atoms with E-state index >= 15 is 0 Å². The summed E-state index contributed by atoms with van der Waals surface area (Å²) in [4.78, 5) is 16.9. The molecule has 4 aromatic rings. The third-order valence-electron chi connectivity index (χ3n) is 7.47. The van der Waals surface area contributed by atoms with E-state index in [0.717, 1.165) is 79.7 Å². The van der Waals surface area contributed by atoms with Crippen LogP contribution in [0.25, 0.3) is 57.5 Å². The fourth-order valence-electron chi connectivity index (χ4n) is 5.54. The highest BCUT2D eigenvalue weighted by atomic mass is 28.3. The van der Waals surface area contributed by atoms with E-state index < -0.39 is 8.07 Å². The summed E-state index contributed by atoms with van der Waals surface area (Å²) in [5, 5.41) is 0. The molecular formula is C37H32N4Si. The number of aromatic amines is 2. The molecule has 4 nitrogen and oxygen atoms in total. The maximum Gasteiger partial charge on any atom is 0.149 e. The van der Waals surface area contributed by atoms with E-state index in [-0.39, 0.29) is 0 Å². The number of nitrogens with one attached hydrogen (secondary N) is 2. The lowest BCUT2D eigenvalue weighted by Gasteiger charge is -2.21. The van der Waals surface area contributed by atoms with Crippen molar-refractivity contribution in [2.75, 3.05) is 0 Å². The number of benzene rings is 1. The van der Waals surface area contributed by atoms with Gasteiger partial charge in [-0.2, -0.15) is 0 Å². The van der Waals surface area contributed by atoms with Gasteiger partial charge in [-0.3, -0.25) is 0 Å². The Hall–Kier alpha value is -5.18. The van der Waals surface area contributed by atoms with Gasteiger partial charge in [0.1, 0.15) is 8.07 Å². The molecule has 0 saturated heterocycles. The molecule has 0 unspecified atom stereocenters. The first-order chi connectivity index (χ1) is 20.6. The third kappa shape index (κ3) is 5.67. The van der Waals surface area contributed by atoms with Crippen LogP contribution in [0.15, 0.2) is 105 Å². The molecule has 1 aromatic carbocycles. The first kappa shape index (κ1) is 27.0. The fourth-order valence-corrected chi connectivity index (χ4v) is 8.39. The minimum absolute atomic E-state index is 0.864. The zero-order valence-corrected chi connectivity index (χ0v) is 24.5. The van der Waals surface area contributed by atoms with Gasteiger partial charge in [0.05, 0.1) is 33.9 Å². The van der Waals surface area contributed by atoms with E-state index in [1.165, 1.54) is 0 Å². The monoisotopic (exact) mass is 560 g/mol. The Morgan fingerprint density at radius 1 is 0.643 bits per heavy atom. The average molecular weight is 561 g/mol. The maximum absolute atomic E-state index is 4.90. The molecule has 204 valence electrons. The fraction of sp³-hybridized carbons (Fsp3) is 0.0811. The normalized spacial score (nSPS) is 12.0. The van der Waals surface area contributed by atoms with Crippen LogP contribution in [0.4, 0.5) is 0 Å². The van der Waals surface area contributed by atoms with Gasteiger partial charge < -0.3 is 9.97 Å². The van der Waals surface area contributed by atoms with Crippen LogP contribution in [0.2, 0.25) is 18.1 Å². The molecule has 0 saturated carbocycles. The Balaban J connectivity index is 1.71. The second kappa shape index (κ2) is 11.7. The number of allylic oxidation sites excluding steroid dienone is 3. The minimum Gasteiger partial charge on any atom is -0.355 e. The summed E-state index contributed by atoms with van der Waals surface area (Å²) in [6.07, 6.45) is 14.2. The molecule has 8 bridgehead atoms. The molecule has 6 rings (SSSR count). The van der Waals surface area contributed by atoms with Gasteiger partial charge in [-0.25, -0.2) is 9.97 Å². The van der Waals surface area contributed by atoms with Crippen molar-refractivity contribution in [3.05, 3.63) is 133 Å². The van der Waals surface area contributed by atoms with Crippen molar-refractivity contribution < 1.29 is 0 Å². The number of hydrogen-bond donors (Lipinski definition) is 2. The number of aromatic nitrogens is 4. The number of hydrogen-bond acceptors (Lipinski definition) is 2.